The van der Waals surface area contributed by atoms with Gasteiger partial charge in [-0.1, -0.05) is 30.3 Å². The smallest absolute Gasteiger partial charge is 0.311 e. The van der Waals surface area contributed by atoms with Crippen LogP contribution in [0.15, 0.2) is 30.3 Å². The zero-order valence-electron chi connectivity index (χ0n) is 10.6. The summed E-state index contributed by atoms with van der Waals surface area (Å²) in [7, 11) is 0. The normalized spacial score (nSPS) is 16.4. The van der Waals surface area contributed by atoms with E-state index in [4.69, 9.17) is 0 Å². The van der Waals surface area contributed by atoms with Crippen LogP contribution in [0.5, 0.6) is 0 Å². The second kappa shape index (κ2) is 5.67. The predicted octanol–water partition coefficient (Wildman–Crippen LogP) is 1.49. The molecule has 96 valence electrons. The molecule has 1 aromatic rings. The summed E-state index contributed by atoms with van der Waals surface area (Å²) >= 11 is 0. The molecule has 1 heterocycles. The van der Waals surface area contributed by atoms with Crippen molar-refractivity contribution in [3.05, 3.63) is 35.9 Å². The van der Waals surface area contributed by atoms with E-state index < -0.39 is 11.8 Å². The Morgan fingerprint density at radius 1 is 1.17 bits per heavy atom. The Hall–Kier alpha value is -1.84. The molecule has 2 rings (SSSR count). The van der Waals surface area contributed by atoms with Gasteiger partial charge in [0, 0.05) is 13.1 Å². The van der Waals surface area contributed by atoms with E-state index in [1.807, 2.05) is 37.3 Å². The number of nitrogens with zero attached hydrogens (tertiary/aromatic N) is 1. The summed E-state index contributed by atoms with van der Waals surface area (Å²) in [6.07, 6.45) is 1.99. The fourth-order valence-corrected chi connectivity index (χ4v) is 2.15. The number of amides is 2. The van der Waals surface area contributed by atoms with Gasteiger partial charge in [0.1, 0.15) is 0 Å². The van der Waals surface area contributed by atoms with Crippen molar-refractivity contribution in [2.45, 2.75) is 25.8 Å². The van der Waals surface area contributed by atoms with E-state index in [0.717, 1.165) is 18.4 Å². The van der Waals surface area contributed by atoms with E-state index in [9.17, 15) is 9.59 Å². The van der Waals surface area contributed by atoms with Gasteiger partial charge >= 0.3 is 11.8 Å². The van der Waals surface area contributed by atoms with Gasteiger partial charge in [0.15, 0.2) is 0 Å². The molecule has 0 aliphatic carbocycles. The van der Waals surface area contributed by atoms with Crippen molar-refractivity contribution in [1.82, 2.24) is 10.2 Å². The summed E-state index contributed by atoms with van der Waals surface area (Å²) in [5, 5.41) is 2.74. The zero-order chi connectivity index (χ0) is 13.0. The van der Waals surface area contributed by atoms with Crippen LogP contribution in [0, 0.1) is 0 Å². The molecule has 0 bridgehead atoms. The standard InChI is InChI=1S/C14H18N2O2/c1-11(12-7-3-2-4-8-12)15-13(17)14(18)16-9-5-6-10-16/h2-4,7-8,11H,5-6,9-10H2,1H3,(H,15,17). The van der Waals surface area contributed by atoms with Crippen LogP contribution >= 0.6 is 0 Å². The van der Waals surface area contributed by atoms with E-state index in [0.29, 0.717) is 13.1 Å². The Labute approximate surface area is 107 Å². The molecule has 1 fully saturated rings. The van der Waals surface area contributed by atoms with Gasteiger partial charge in [0.05, 0.1) is 6.04 Å². The first-order chi connectivity index (χ1) is 8.68. The quantitative estimate of drug-likeness (QED) is 0.804. The zero-order valence-corrected chi connectivity index (χ0v) is 10.6. The van der Waals surface area contributed by atoms with Crippen molar-refractivity contribution < 1.29 is 9.59 Å². The van der Waals surface area contributed by atoms with E-state index in [1.165, 1.54) is 0 Å². The second-order valence-corrected chi connectivity index (χ2v) is 4.61. The van der Waals surface area contributed by atoms with Crippen LogP contribution in [0.1, 0.15) is 31.4 Å². The third-order valence-corrected chi connectivity index (χ3v) is 3.23. The molecule has 0 saturated carbocycles. The third kappa shape index (κ3) is 2.88. The lowest BCUT2D eigenvalue weighted by Crippen LogP contribution is -2.42. The van der Waals surface area contributed by atoms with Gasteiger partial charge in [0.25, 0.3) is 0 Å². The molecule has 0 radical (unpaired) electrons. The molecule has 1 aromatic carbocycles. The third-order valence-electron chi connectivity index (χ3n) is 3.23. The van der Waals surface area contributed by atoms with Gasteiger partial charge in [-0.15, -0.1) is 0 Å². The van der Waals surface area contributed by atoms with Gasteiger partial charge in [-0.2, -0.15) is 0 Å². The maximum absolute atomic E-state index is 11.8. The lowest BCUT2D eigenvalue weighted by atomic mass is 10.1. The molecule has 1 aliphatic heterocycles. The van der Waals surface area contributed by atoms with Crippen LogP contribution in [-0.2, 0) is 9.59 Å². The Kier molecular flexibility index (Phi) is 3.97. The van der Waals surface area contributed by atoms with Crippen LogP contribution in [0.4, 0.5) is 0 Å². The van der Waals surface area contributed by atoms with Crippen molar-refractivity contribution in [1.29, 1.82) is 0 Å². The maximum Gasteiger partial charge on any atom is 0.311 e. The minimum absolute atomic E-state index is 0.148. The number of rotatable bonds is 2. The van der Waals surface area contributed by atoms with Gasteiger partial charge < -0.3 is 10.2 Å². The Balaban J connectivity index is 1.92. The molecule has 2 amide bonds. The molecule has 1 N–H and O–H groups in total. The van der Waals surface area contributed by atoms with Crippen molar-refractivity contribution in [2.75, 3.05) is 13.1 Å². The van der Waals surface area contributed by atoms with Crippen LogP contribution in [0.3, 0.4) is 0 Å². The summed E-state index contributed by atoms with van der Waals surface area (Å²) in [5.74, 6) is -0.913. The summed E-state index contributed by atoms with van der Waals surface area (Å²) in [6, 6.07) is 9.48. The molecule has 4 nitrogen and oxygen atoms in total. The summed E-state index contributed by atoms with van der Waals surface area (Å²) in [6.45, 7) is 3.28. The number of likely N-dealkylation sites (tertiary alicyclic amines) is 1. The molecule has 4 heteroatoms. The minimum Gasteiger partial charge on any atom is -0.341 e. The molecule has 1 saturated heterocycles. The highest BCUT2D eigenvalue weighted by molar-refractivity contribution is 6.35. The summed E-state index contributed by atoms with van der Waals surface area (Å²) < 4.78 is 0. The second-order valence-electron chi connectivity index (χ2n) is 4.61. The molecule has 0 aromatic heterocycles. The lowest BCUT2D eigenvalue weighted by Gasteiger charge is -2.18. The molecule has 18 heavy (non-hydrogen) atoms. The Bertz CT molecular complexity index is 425. The molecule has 1 aliphatic rings. The summed E-state index contributed by atoms with van der Waals surface area (Å²) in [5.41, 5.74) is 1.00. The highest BCUT2D eigenvalue weighted by Gasteiger charge is 2.25. The van der Waals surface area contributed by atoms with Gasteiger partial charge in [-0.25, -0.2) is 0 Å². The summed E-state index contributed by atoms with van der Waals surface area (Å²) in [4.78, 5) is 25.3. The van der Waals surface area contributed by atoms with Gasteiger partial charge in [-0.3, -0.25) is 9.59 Å². The Morgan fingerprint density at radius 2 is 1.78 bits per heavy atom. The van der Waals surface area contributed by atoms with Crippen LogP contribution < -0.4 is 5.32 Å². The number of hydrogen-bond donors (Lipinski definition) is 1. The fraction of sp³-hybridized carbons (Fsp3) is 0.429. The number of benzene rings is 1. The van der Waals surface area contributed by atoms with E-state index in [-0.39, 0.29) is 6.04 Å². The highest BCUT2D eigenvalue weighted by Crippen LogP contribution is 2.12. The molecular weight excluding hydrogens is 228 g/mol. The lowest BCUT2D eigenvalue weighted by molar-refractivity contribution is -0.145. The first kappa shape index (κ1) is 12.6. The monoisotopic (exact) mass is 246 g/mol. The maximum atomic E-state index is 11.8. The van der Waals surface area contributed by atoms with E-state index in [1.54, 1.807) is 4.90 Å². The number of carbonyl (C=O) groups excluding carboxylic acids is 2. The number of hydrogen-bond acceptors (Lipinski definition) is 2. The SMILES string of the molecule is CC(NC(=O)C(=O)N1CCCC1)c1ccccc1. The van der Waals surface area contributed by atoms with Crippen molar-refractivity contribution in [2.24, 2.45) is 0 Å². The number of nitrogens with one attached hydrogen (secondary N) is 1. The van der Waals surface area contributed by atoms with Crippen LogP contribution in [-0.4, -0.2) is 29.8 Å². The fourth-order valence-electron chi connectivity index (χ4n) is 2.15. The van der Waals surface area contributed by atoms with Gasteiger partial charge in [-0.05, 0) is 25.3 Å². The number of carbonyl (C=O) groups is 2. The largest absolute Gasteiger partial charge is 0.341 e. The molecular formula is C14H18N2O2. The van der Waals surface area contributed by atoms with E-state index in [2.05, 4.69) is 5.32 Å². The molecule has 1 unspecified atom stereocenters. The van der Waals surface area contributed by atoms with E-state index >= 15 is 0 Å². The molecule has 0 spiro atoms. The minimum atomic E-state index is -0.506. The molecule has 1 atom stereocenters. The first-order valence-corrected chi connectivity index (χ1v) is 6.33. The Morgan fingerprint density at radius 3 is 2.39 bits per heavy atom. The average Bonchev–Trinajstić information content (AvgIpc) is 2.92. The van der Waals surface area contributed by atoms with Gasteiger partial charge in [0.2, 0.25) is 0 Å². The van der Waals surface area contributed by atoms with Crippen molar-refractivity contribution >= 4 is 11.8 Å². The van der Waals surface area contributed by atoms with Crippen molar-refractivity contribution in [3.63, 3.8) is 0 Å². The van der Waals surface area contributed by atoms with Crippen molar-refractivity contribution in [3.8, 4) is 0 Å². The van der Waals surface area contributed by atoms with Crippen LogP contribution in [0.2, 0.25) is 0 Å². The average molecular weight is 246 g/mol. The first-order valence-electron chi connectivity index (χ1n) is 6.33. The predicted molar refractivity (Wildman–Crippen MR) is 68.8 cm³/mol. The topological polar surface area (TPSA) is 49.4 Å². The van der Waals surface area contributed by atoms with Crippen LogP contribution in [0.25, 0.3) is 0 Å². The highest BCUT2D eigenvalue weighted by atomic mass is 16.2.